The molecule has 0 fully saturated rings. The first kappa shape index (κ1) is 32.2. The van der Waals surface area contributed by atoms with Crippen LogP contribution in [-0.2, 0) is 0 Å². The van der Waals surface area contributed by atoms with E-state index in [0.717, 1.165) is 55.7 Å². The molecule has 0 unspecified atom stereocenters. The van der Waals surface area contributed by atoms with Crippen molar-refractivity contribution in [1.29, 1.82) is 0 Å². The molecular weight excluding hydrogens is 743 g/mol. The van der Waals surface area contributed by atoms with Crippen LogP contribution < -0.4 is 0 Å². The maximum absolute atomic E-state index is 5.73. The number of aromatic nitrogens is 3. The highest BCUT2D eigenvalue weighted by molar-refractivity contribution is 7.26. The van der Waals surface area contributed by atoms with Crippen molar-refractivity contribution in [1.82, 2.24) is 14.5 Å². The van der Waals surface area contributed by atoms with Gasteiger partial charge in [-0.05, 0) is 64.4 Å². The average molecular weight is 774 g/mol. The van der Waals surface area contributed by atoms with E-state index in [0.29, 0.717) is 0 Å². The molecule has 8 aromatic carbocycles. The number of thiophene rings is 2. The molecule has 0 aliphatic heterocycles. The largest absolute Gasteiger partial charge is 0.296 e. The number of rotatable bonds is 3. The molecule has 270 valence electrons. The summed E-state index contributed by atoms with van der Waals surface area (Å²) in [7, 11) is 0. The number of hydrogen-bond donors (Lipinski definition) is 0. The van der Waals surface area contributed by atoms with Crippen LogP contribution >= 0.6 is 22.7 Å². The maximum atomic E-state index is 5.73. The summed E-state index contributed by atoms with van der Waals surface area (Å²) in [5, 5.41) is 8.58. The quantitative estimate of drug-likeness (QED) is 0.167. The first-order valence-corrected chi connectivity index (χ1v) is 21.2. The van der Waals surface area contributed by atoms with Crippen molar-refractivity contribution in [3.05, 3.63) is 169 Å². The van der Waals surface area contributed by atoms with Gasteiger partial charge in [0, 0.05) is 73.5 Å². The van der Waals surface area contributed by atoms with Crippen LogP contribution in [0, 0.1) is 6.92 Å². The standard InChI is InChI=1S/C53H31N3S2/c1-3-30-15-12-21-35-33-17-6-7-19-36(33)48-47-38-20-9-11-25-43(38)57-44(47)28-41-49(48)45(46(30)35)29(2)56(41)53-51(55-50-32-16-5-4-14-31(32)26-27-40(50)54-53)39-23-13-22-37-34-18-8-10-24-42(34)58-52(37)39/h3-28H,1H2,2H3. The van der Waals surface area contributed by atoms with E-state index in [4.69, 9.17) is 9.97 Å². The lowest BCUT2D eigenvalue weighted by molar-refractivity contribution is 0.998. The van der Waals surface area contributed by atoms with Crippen molar-refractivity contribution in [2.45, 2.75) is 6.92 Å². The Labute approximate surface area is 341 Å². The van der Waals surface area contributed by atoms with E-state index in [9.17, 15) is 0 Å². The van der Waals surface area contributed by atoms with E-state index < -0.39 is 0 Å². The lowest BCUT2D eigenvalue weighted by Crippen LogP contribution is -2.06. The van der Waals surface area contributed by atoms with Gasteiger partial charge in [0.25, 0.3) is 0 Å². The second-order valence-electron chi connectivity index (χ2n) is 15.3. The molecule has 1 aliphatic rings. The van der Waals surface area contributed by atoms with Crippen LogP contribution in [-0.4, -0.2) is 14.5 Å². The Kier molecular flexibility index (Phi) is 6.55. The second kappa shape index (κ2) is 11.8. The van der Waals surface area contributed by atoms with Gasteiger partial charge in [0.1, 0.15) is 5.69 Å². The third-order valence-corrected chi connectivity index (χ3v) is 14.6. The van der Waals surface area contributed by atoms with Crippen LogP contribution in [0.3, 0.4) is 0 Å². The van der Waals surface area contributed by atoms with Crippen LogP contribution in [0.25, 0.3) is 130 Å². The van der Waals surface area contributed by atoms with Gasteiger partial charge in [-0.1, -0.05) is 140 Å². The minimum atomic E-state index is 0.833. The summed E-state index contributed by atoms with van der Waals surface area (Å²) >= 11 is 3.70. The molecule has 0 amide bonds. The zero-order valence-electron chi connectivity index (χ0n) is 31.4. The third kappa shape index (κ3) is 4.21. The Morgan fingerprint density at radius 1 is 0.534 bits per heavy atom. The van der Waals surface area contributed by atoms with Gasteiger partial charge >= 0.3 is 0 Å². The lowest BCUT2D eigenvalue weighted by Gasteiger charge is -2.18. The molecule has 4 aromatic heterocycles. The zero-order valence-corrected chi connectivity index (χ0v) is 33.0. The van der Waals surface area contributed by atoms with Crippen LogP contribution in [0.15, 0.2) is 158 Å². The fourth-order valence-electron chi connectivity index (χ4n) is 9.85. The van der Waals surface area contributed by atoms with Crippen molar-refractivity contribution in [3.63, 3.8) is 0 Å². The first-order valence-electron chi connectivity index (χ1n) is 19.6. The molecule has 58 heavy (non-hydrogen) atoms. The Bertz CT molecular complexity index is 3780. The summed E-state index contributed by atoms with van der Waals surface area (Å²) in [6, 6.07) is 55.2. The Balaban J connectivity index is 1.26. The Morgan fingerprint density at radius 3 is 2.09 bits per heavy atom. The van der Waals surface area contributed by atoms with E-state index in [1.807, 2.05) is 28.7 Å². The predicted octanol–water partition coefficient (Wildman–Crippen LogP) is 15.4. The van der Waals surface area contributed by atoms with Crippen molar-refractivity contribution in [2.24, 2.45) is 0 Å². The van der Waals surface area contributed by atoms with Gasteiger partial charge in [-0.15, -0.1) is 22.7 Å². The topological polar surface area (TPSA) is 30.7 Å². The monoisotopic (exact) mass is 773 g/mol. The minimum absolute atomic E-state index is 0.833. The summed E-state index contributed by atoms with van der Waals surface area (Å²) in [6.07, 6.45) is 2.02. The fourth-order valence-corrected chi connectivity index (χ4v) is 12.2. The van der Waals surface area contributed by atoms with Crippen molar-refractivity contribution in [2.75, 3.05) is 0 Å². The highest BCUT2D eigenvalue weighted by Crippen LogP contribution is 2.56. The van der Waals surface area contributed by atoms with Crippen molar-refractivity contribution in [3.8, 4) is 50.5 Å². The fraction of sp³-hybridized carbons (Fsp3) is 0.0189. The molecule has 0 spiro atoms. The maximum Gasteiger partial charge on any atom is 0.164 e. The second-order valence-corrected chi connectivity index (χ2v) is 17.4. The normalized spacial score (nSPS) is 12.3. The SMILES string of the molecule is C=Cc1cccc2c1-c1c(C)n(-c3nc4ccc5ccccc5c4nc3-c3cccc4c3sc3ccccc34)c3cc4sc5ccccc5c4c(c13)-c1ccccc1-2. The molecule has 0 N–H and O–H groups in total. The molecule has 12 aromatic rings. The number of nitrogens with zero attached hydrogens (tertiary/aromatic N) is 3. The number of benzene rings is 8. The third-order valence-electron chi connectivity index (χ3n) is 12.3. The van der Waals surface area contributed by atoms with Crippen LogP contribution in [0.2, 0.25) is 0 Å². The van der Waals surface area contributed by atoms with Gasteiger partial charge in [-0.25, -0.2) is 9.97 Å². The summed E-state index contributed by atoms with van der Waals surface area (Å²) < 4.78 is 7.45. The minimum Gasteiger partial charge on any atom is -0.296 e. The highest BCUT2D eigenvalue weighted by Gasteiger charge is 2.32. The molecule has 5 heteroatoms. The predicted molar refractivity (Wildman–Crippen MR) is 250 cm³/mol. The Hall–Kier alpha value is -6.92. The molecule has 3 nitrogen and oxygen atoms in total. The molecular formula is C53H31N3S2. The van der Waals surface area contributed by atoms with Gasteiger partial charge in [-0.3, -0.25) is 4.57 Å². The van der Waals surface area contributed by atoms with Crippen molar-refractivity contribution >= 4 is 102 Å². The van der Waals surface area contributed by atoms with Crippen molar-refractivity contribution < 1.29 is 0 Å². The van der Waals surface area contributed by atoms with Crippen LogP contribution in [0.5, 0.6) is 0 Å². The van der Waals surface area contributed by atoms with E-state index in [-0.39, 0.29) is 0 Å². The van der Waals surface area contributed by atoms with E-state index in [2.05, 4.69) is 170 Å². The average Bonchev–Trinajstić information content (AvgIpc) is 3.90. The molecule has 1 aliphatic carbocycles. The van der Waals surface area contributed by atoms with Crippen LogP contribution in [0.4, 0.5) is 0 Å². The van der Waals surface area contributed by atoms with E-state index in [1.165, 1.54) is 79.1 Å². The summed E-state index contributed by atoms with van der Waals surface area (Å²) in [5.74, 6) is 0.833. The van der Waals surface area contributed by atoms with Gasteiger partial charge in [0.15, 0.2) is 5.82 Å². The Morgan fingerprint density at radius 2 is 1.22 bits per heavy atom. The van der Waals surface area contributed by atoms with Gasteiger partial charge in [0.05, 0.1) is 16.6 Å². The summed E-state index contributed by atoms with van der Waals surface area (Å²) in [4.78, 5) is 11.4. The molecule has 0 atom stereocenters. The number of hydrogen-bond acceptors (Lipinski definition) is 4. The highest BCUT2D eigenvalue weighted by atomic mass is 32.1. The molecule has 4 heterocycles. The summed E-state index contributed by atoms with van der Waals surface area (Å²) in [5.41, 5.74) is 14.5. The van der Waals surface area contributed by atoms with E-state index in [1.54, 1.807) is 0 Å². The molecule has 13 rings (SSSR count). The smallest absolute Gasteiger partial charge is 0.164 e. The van der Waals surface area contributed by atoms with E-state index >= 15 is 0 Å². The molecule has 0 radical (unpaired) electrons. The molecule has 0 saturated carbocycles. The van der Waals surface area contributed by atoms with Gasteiger partial charge in [-0.2, -0.15) is 0 Å². The first-order chi connectivity index (χ1) is 28.7. The van der Waals surface area contributed by atoms with Gasteiger partial charge in [0.2, 0.25) is 0 Å². The van der Waals surface area contributed by atoms with Gasteiger partial charge < -0.3 is 0 Å². The summed E-state index contributed by atoms with van der Waals surface area (Å²) in [6.45, 7) is 6.63. The number of fused-ring (bicyclic) bond motifs is 15. The molecule has 0 bridgehead atoms. The molecule has 0 saturated heterocycles. The lowest BCUT2D eigenvalue weighted by atomic mass is 9.90. The zero-order chi connectivity index (χ0) is 38.2. The van der Waals surface area contributed by atoms with Crippen LogP contribution in [0.1, 0.15) is 11.3 Å².